The molecule has 4 heteroatoms. The smallest absolute Gasteiger partial charge is 0.212 e. The Kier molecular flexibility index (Phi) is 4.76. The molecule has 4 nitrogen and oxygen atoms in total. The second kappa shape index (κ2) is 6.75. The predicted molar refractivity (Wildman–Crippen MR) is 84.3 cm³/mol. The molecule has 2 heterocycles. The SMILES string of the molecule is COc1ccc(C(CN)N2CCCC2C2CCCC2)cn1. The van der Waals surface area contributed by atoms with Crippen molar-refractivity contribution in [2.75, 3.05) is 20.2 Å². The first-order valence-electron chi connectivity index (χ1n) is 8.29. The van der Waals surface area contributed by atoms with Crippen LogP contribution >= 0.6 is 0 Å². The van der Waals surface area contributed by atoms with Gasteiger partial charge in [-0.1, -0.05) is 18.9 Å². The minimum atomic E-state index is 0.302. The molecule has 2 N–H and O–H groups in total. The number of rotatable bonds is 5. The molecule has 3 rings (SSSR count). The fourth-order valence-corrected chi connectivity index (χ4v) is 4.22. The third-order valence-electron chi connectivity index (χ3n) is 5.26. The largest absolute Gasteiger partial charge is 0.481 e. The van der Waals surface area contributed by atoms with Gasteiger partial charge < -0.3 is 10.5 Å². The highest BCUT2D eigenvalue weighted by atomic mass is 16.5. The van der Waals surface area contributed by atoms with Gasteiger partial charge in [-0.15, -0.1) is 0 Å². The number of ether oxygens (including phenoxy) is 1. The van der Waals surface area contributed by atoms with Crippen molar-refractivity contribution in [1.82, 2.24) is 9.88 Å². The monoisotopic (exact) mass is 289 g/mol. The van der Waals surface area contributed by atoms with Crippen molar-refractivity contribution in [3.05, 3.63) is 23.9 Å². The lowest BCUT2D eigenvalue weighted by molar-refractivity contribution is 0.138. The number of nitrogens with two attached hydrogens (primary N) is 1. The topological polar surface area (TPSA) is 51.4 Å². The van der Waals surface area contributed by atoms with E-state index in [0.29, 0.717) is 18.5 Å². The van der Waals surface area contributed by atoms with Gasteiger partial charge in [-0.2, -0.15) is 0 Å². The van der Waals surface area contributed by atoms with Crippen molar-refractivity contribution in [1.29, 1.82) is 0 Å². The van der Waals surface area contributed by atoms with Crippen molar-refractivity contribution >= 4 is 0 Å². The summed E-state index contributed by atoms with van der Waals surface area (Å²) in [6, 6.07) is 5.09. The van der Waals surface area contributed by atoms with E-state index < -0.39 is 0 Å². The van der Waals surface area contributed by atoms with E-state index in [0.717, 1.165) is 12.0 Å². The van der Waals surface area contributed by atoms with Gasteiger partial charge in [-0.3, -0.25) is 4.90 Å². The minimum absolute atomic E-state index is 0.302. The van der Waals surface area contributed by atoms with Gasteiger partial charge in [0.15, 0.2) is 0 Å². The summed E-state index contributed by atoms with van der Waals surface area (Å²) in [7, 11) is 1.65. The van der Waals surface area contributed by atoms with Gasteiger partial charge in [-0.05, 0) is 43.7 Å². The molecule has 1 aliphatic carbocycles. The third-order valence-corrected chi connectivity index (χ3v) is 5.26. The summed E-state index contributed by atoms with van der Waals surface area (Å²) in [4.78, 5) is 7.01. The highest BCUT2D eigenvalue weighted by Crippen LogP contribution is 2.39. The summed E-state index contributed by atoms with van der Waals surface area (Å²) in [5.74, 6) is 1.55. The van der Waals surface area contributed by atoms with Crippen LogP contribution in [0.3, 0.4) is 0 Å². The second-order valence-corrected chi connectivity index (χ2v) is 6.38. The summed E-state index contributed by atoms with van der Waals surface area (Å²) in [5.41, 5.74) is 7.34. The summed E-state index contributed by atoms with van der Waals surface area (Å²) in [6.07, 6.45) is 10.2. The minimum Gasteiger partial charge on any atom is -0.481 e. The van der Waals surface area contributed by atoms with Crippen LogP contribution in [0.1, 0.15) is 50.1 Å². The van der Waals surface area contributed by atoms with Crippen LogP contribution in [0.15, 0.2) is 18.3 Å². The number of hydrogen-bond donors (Lipinski definition) is 1. The average molecular weight is 289 g/mol. The van der Waals surface area contributed by atoms with Crippen LogP contribution in [0, 0.1) is 5.92 Å². The van der Waals surface area contributed by atoms with E-state index in [4.69, 9.17) is 10.5 Å². The highest BCUT2D eigenvalue weighted by molar-refractivity contribution is 5.22. The molecule has 1 aromatic heterocycles. The van der Waals surface area contributed by atoms with E-state index in [1.165, 1.54) is 50.6 Å². The number of methoxy groups -OCH3 is 1. The molecule has 0 radical (unpaired) electrons. The average Bonchev–Trinajstić information content (AvgIpc) is 3.19. The molecule has 0 amide bonds. The molecule has 116 valence electrons. The lowest BCUT2D eigenvalue weighted by atomic mass is 9.94. The fraction of sp³-hybridized carbons (Fsp3) is 0.706. The van der Waals surface area contributed by atoms with Crippen LogP contribution < -0.4 is 10.5 Å². The number of aromatic nitrogens is 1. The van der Waals surface area contributed by atoms with Gasteiger partial charge in [0, 0.05) is 30.9 Å². The summed E-state index contributed by atoms with van der Waals surface area (Å²) in [5, 5.41) is 0. The molecule has 0 spiro atoms. The van der Waals surface area contributed by atoms with Crippen LogP contribution in [0.5, 0.6) is 5.88 Å². The van der Waals surface area contributed by atoms with Crippen LogP contribution in [0.25, 0.3) is 0 Å². The van der Waals surface area contributed by atoms with Crippen molar-refractivity contribution in [3.63, 3.8) is 0 Å². The lowest BCUT2D eigenvalue weighted by Crippen LogP contribution is -2.40. The Morgan fingerprint density at radius 1 is 1.29 bits per heavy atom. The van der Waals surface area contributed by atoms with Gasteiger partial charge >= 0.3 is 0 Å². The molecule has 0 aromatic carbocycles. The summed E-state index contributed by atoms with van der Waals surface area (Å²) < 4.78 is 5.15. The molecule has 21 heavy (non-hydrogen) atoms. The van der Waals surface area contributed by atoms with Gasteiger partial charge in [-0.25, -0.2) is 4.98 Å². The molecule has 1 aromatic rings. The third kappa shape index (κ3) is 3.06. The van der Waals surface area contributed by atoms with Crippen molar-refractivity contribution in [2.24, 2.45) is 11.7 Å². The quantitative estimate of drug-likeness (QED) is 0.905. The molecule has 2 unspecified atom stereocenters. The van der Waals surface area contributed by atoms with Crippen LogP contribution in [-0.2, 0) is 0 Å². The molecule has 2 atom stereocenters. The molecule has 0 bridgehead atoms. The number of pyridine rings is 1. The Labute approximate surface area is 127 Å². The van der Waals surface area contributed by atoms with Gasteiger partial charge in [0.25, 0.3) is 0 Å². The van der Waals surface area contributed by atoms with Gasteiger partial charge in [0.1, 0.15) is 0 Å². The predicted octanol–water partition coefficient (Wildman–Crippen LogP) is 2.74. The maximum absolute atomic E-state index is 6.12. The lowest BCUT2D eigenvalue weighted by Gasteiger charge is -2.35. The standard InChI is InChI=1S/C17H27N3O/c1-21-17-9-8-14(12-19-17)16(11-18)20-10-4-7-15(20)13-5-2-3-6-13/h8-9,12-13,15-16H,2-7,10-11,18H2,1H3. The number of nitrogens with zero attached hydrogens (tertiary/aromatic N) is 2. The Bertz CT molecular complexity index is 442. The number of likely N-dealkylation sites (tertiary alicyclic amines) is 1. The Morgan fingerprint density at radius 2 is 2.10 bits per heavy atom. The molecular weight excluding hydrogens is 262 g/mol. The van der Waals surface area contributed by atoms with Crippen molar-refractivity contribution in [3.8, 4) is 5.88 Å². The Morgan fingerprint density at radius 3 is 2.71 bits per heavy atom. The molecule has 2 fully saturated rings. The van der Waals surface area contributed by atoms with Crippen molar-refractivity contribution < 1.29 is 4.74 Å². The van der Waals surface area contributed by atoms with Gasteiger partial charge in [0.2, 0.25) is 5.88 Å². The van der Waals surface area contributed by atoms with Gasteiger partial charge in [0.05, 0.1) is 7.11 Å². The Balaban J connectivity index is 1.77. The van der Waals surface area contributed by atoms with E-state index in [9.17, 15) is 0 Å². The van der Waals surface area contributed by atoms with E-state index in [2.05, 4.69) is 16.0 Å². The summed E-state index contributed by atoms with van der Waals surface area (Å²) in [6.45, 7) is 1.84. The van der Waals surface area contributed by atoms with Crippen molar-refractivity contribution in [2.45, 2.75) is 50.6 Å². The number of hydrogen-bond acceptors (Lipinski definition) is 4. The second-order valence-electron chi connectivity index (χ2n) is 6.38. The summed E-state index contributed by atoms with van der Waals surface area (Å²) >= 11 is 0. The molecule has 1 saturated carbocycles. The first-order chi connectivity index (χ1) is 10.3. The first kappa shape index (κ1) is 14.8. The molecular formula is C17H27N3O. The van der Waals surface area contributed by atoms with Crippen LogP contribution in [0.2, 0.25) is 0 Å². The zero-order valence-corrected chi connectivity index (χ0v) is 13.0. The molecule has 2 aliphatic rings. The van der Waals surface area contributed by atoms with E-state index in [-0.39, 0.29) is 0 Å². The van der Waals surface area contributed by atoms with E-state index in [1.807, 2.05) is 12.3 Å². The first-order valence-corrected chi connectivity index (χ1v) is 8.29. The molecule has 1 aliphatic heterocycles. The zero-order chi connectivity index (χ0) is 14.7. The van der Waals surface area contributed by atoms with E-state index in [1.54, 1.807) is 7.11 Å². The van der Waals surface area contributed by atoms with Crippen LogP contribution in [-0.4, -0.2) is 36.1 Å². The zero-order valence-electron chi connectivity index (χ0n) is 13.0. The Hall–Kier alpha value is -1.13. The van der Waals surface area contributed by atoms with E-state index >= 15 is 0 Å². The molecule has 1 saturated heterocycles. The highest BCUT2D eigenvalue weighted by Gasteiger charge is 2.36. The maximum Gasteiger partial charge on any atom is 0.212 e. The fourth-order valence-electron chi connectivity index (χ4n) is 4.22. The maximum atomic E-state index is 6.12. The normalized spacial score (nSPS) is 25.3. The van der Waals surface area contributed by atoms with Crippen LogP contribution in [0.4, 0.5) is 0 Å².